The third-order valence-electron chi connectivity index (χ3n) is 2.50. The SMILES string of the molecule is CC(C)(C)N(O)[C@H]1CCCCC1=O. The lowest BCUT2D eigenvalue weighted by Gasteiger charge is -2.37. The van der Waals surface area contributed by atoms with Gasteiger partial charge >= 0.3 is 0 Å². The molecule has 13 heavy (non-hydrogen) atoms. The van der Waals surface area contributed by atoms with Crippen LogP contribution in [0.3, 0.4) is 0 Å². The highest BCUT2D eigenvalue weighted by Crippen LogP contribution is 2.23. The van der Waals surface area contributed by atoms with E-state index < -0.39 is 0 Å². The quantitative estimate of drug-likeness (QED) is 0.635. The Morgan fingerprint density at radius 2 is 2.00 bits per heavy atom. The molecule has 0 aromatic carbocycles. The zero-order valence-corrected chi connectivity index (χ0v) is 8.71. The Morgan fingerprint density at radius 1 is 1.38 bits per heavy atom. The van der Waals surface area contributed by atoms with Crippen LogP contribution in [0.15, 0.2) is 0 Å². The van der Waals surface area contributed by atoms with Crippen LogP contribution in [0.25, 0.3) is 0 Å². The van der Waals surface area contributed by atoms with E-state index in [0.29, 0.717) is 6.42 Å². The molecule has 1 rings (SSSR count). The summed E-state index contributed by atoms with van der Waals surface area (Å²) in [4.78, 5) is 11.5. The molecule has 3 heteroatoms. The summed E-state index contributed by atoms with van der Waals surface area (Å²) in [5, 5.41) is 11.0. The first-order chi connectivity index (χ1) is 5.93. The predicted octanol–water partition coefficient (Wildman–Crippen LogP) is 1.99. The fraction of sp³-hybridized carbons (Fsp3) is 0.900. The molecule has 1 fully saturated rings. The van der Waals surface area contributed by atoms with Crippen molar-refractivity contribution in [3.8, 4) is 0 Å². The van der Waals surface area contributed by atoms with E-state index in [1.165, 1.54) is 5.06 Å². The van der Waals surface area contributed by atoms with E-state index in [4.69, 9.17) is 0 Å². The summed E-state index contributed by atoms with van der Waals surface area (Å²) in [5.41, 5.74) is -0.336. The van der Waals surface area contributed by atoms with Gasteiger partial charge in [-0.2, -0.15) is 5.06 Å². The first-order valence-corrected chi connectivity index (χ1v) is 4.94. The number of ketones is 1. The minimum atomic E-state index is -0.336. The van der Waals surface area contributed by atoms with Gasteiger partial charge in [0.05, 0.1) is 6.04 Å². The number of hydrogen-bond donors (Lipinski definition) is 1. The molecule has 1 saturated carbocycles. The smallest absolute Gasteiger partial charge is 0.152 e. The number of Topliss-reactive ketones (excluding diaryl/α,β-unsaturated/α-hetero) is 1. The average molecular weight is 185 g/mol. The van der Waals surface area contributed by atoms with Crippen LogP contribution < -0.4 is 0 Å². The lowest BCUT2D eigenvalue weighted by atomic mass is 9.91. The first kappa shape index (κ1) is 10.7. The van der Waals surface area contributed by atoms with Crippen molar-refractivity contribution in [3.05, 3.63) is 0 Å². The number of carbonyl (C=O) groups is 1. The van der Waals surface area contributed by atoms with E-state index in [2.05, 4.69) is 0 Å². The van der Waals surface area contributed by atoms with Crippen molar-refractivity contribution in [3.63, 3.8) is 0 Å². The highest BCUT2D eigenvalue weighted by atomic mass is 16.5. The summed E-state index contributed by atoms with van der Waals surface area (Å²) in [6.07, 6.45) is 3.45. The Bertz CT molecular complexity index is 196. The molecule has 0 aromatic rings. The number of nitrogens with zero attached hydrogens (tertiary/aromatic N) is 1. The summed E-state index contributed by atoms with van der Waals surface area (Å²) in [5.74, 6) is 0.184. The van der Waals surface area contributed by atoms with Gasteiger partial charge in [0.1, 0.15) is 0 Å². The van der Waals surface area contributed by atoms with Gasteiger partial charge in [0.15, 0.2) is 5.78 Å². The van der Waals surface area contributed by atoms with E-state index >= 15 is 0 Å². The third-order valence-corrected chi connectivity index (χ3v) is 2.50. The minimum absolute atomic E-state index is 0.184. The molecular formula is C10H19NO2. The monoisotopic (exact) mass is 185 g/mol. The van der Waals surface area contributed by atoms with Crippen LogP contribution in [0.2, 0.25) is 0 Å². The minimum Gasteiger partial charge on any atom is -0.313 e. The summed E-state index contributed by atoms with van der Waals surface area (Å²) < 4.78 is 0. The lowest BCUT2D eigenvalue weighted by molar-refractivity contribution is -0.194. The molecule has 0 bridgehead atoms. The highest BCUT2D eigenvalue weighted by molar-refractivity contribution is 5.84. The molecule has 0 radical (unpaired) electrons. The Kier molecular flexibility index (Phi) is 3.09. The molecule has 1 aliphatic carbocycles. The first-order valence-electron chi connectivity index (χ1n) is 4.94. The van der Waals surface area contributed by atoms with Crippen LogP contribution in [0, 0.1) is 0 Å². The fourth-order valence-electron chi connectivity index (χ4n) is 1.69. The largest absolute Gasteiger partial charge is 0.313 e. The maximum atomic E-state index is 11.5. The fourth-order valence-corrected chi connectivity index (χ4v) is 1.69. The van der Waals surface area contributed by atoms with Crippen molar-refractivity contribution in [2.45, 2.75) is 58.0 Å². The van der Waals surface area contributed by atoms with Crippen LogP contribution in [-0.2, 0) is 4.79 Å². The maximum Gasteiger partial charge on any atom is 0.152 e. The van der Waals surface area contributed by atoms with Crippen molar-refractivity contribution in [2.75, 3.05) is 0 Å². The van der Waals surface area contributed by atoms with Gasteiger partial charge in [-0.25, -0.2) is 0 Å². The van der Waals surface area contributed by atoms with Crippen molar-refractivity contribution in [1.29, 1.82) is 0 Å². The number of carbonyl (C=O) groups excluding carboxylic acids is 1. The van der Waals surface area contributed by atoms with Gasteiger partial charge in [-0.15, -0.1) is 0 Å². The van der Waals surface area contributed by atoms with E-state index in [0.717, 1.165) is 19.3 Å². The van der Waals surface area contributed by atoms with E-state index in [9.17, 15) is 10.0 Å². The summed E-state index contributed by atoms with van der Waals surface area (Å²) >= 11 is 0. The normalized spacial score (nSPS) is 25.3. The predicted molar refractivity (Wildman–Crippen MR) is 50.6 cm³/mol. The third kappa shape index (κ3) is 2.51. The Hall–Kier alpha value is -0.410. The van der Waals surface area contributed by atoms with Crippen LogP contribution in [0.1, 0.15) is 46.5 Å². The molecule has 0 spiro atoms. The van der Waals surface area contributed by atoms with Crippen LogP contribution >= 0.6 is 0 Å². The van der Waals surface area contributed by atoms with E-state index in [1.54, 1.807) is 0 Å². The standard InChI is InChI=1S/C10H19NO2/c1-10(2,3)11(13)8-6-4-5-7-9(8)12/h8,13H,4-7H2,1-3H3/t8-/m0/s1. The summed E-state index contributed by atoms with van der Waals surface area (Å²) in [7, 11) is 0. The number of hydrogen-bond acceptors (Lipinski definition) is 3. The molecule has 1 aliphatic rings. The van der Waals surface area contributed by atoms with Gasteiger partial charge in [0.2, 0.25) is 0 Å². The number of hydroxylamine groups is 2. The molecular weight excluding hydrogens is 166 g/mol. The lowest BCUT2D eigenvalue weighted by Crippen LogP contribution is -2.50. The Labute approximate surface area is 79.7 Å². The van der Waals surface area contributed by atoms with Gasteiger partial charge < -0.3 is 5.21 Å². The maximum absolute atomic E-state index is 11.5. The second kappa shape index (κ2) is 3.76. The van der Waals surface area contributed by atoms with Gasteiger partial charge in [0.25, 0.3) is 0 Å². The molecule has 0 amide bonds. The topological polar surface area (TPSA) is 40.5 Å². The molecule has 3 nitrogen and oxygen atoms in total. The number of rotatable bonds is 1. The molecule has 0 unspecified atom stereocenters. The van der Waals surface area contributed by atoms with Crippen molar-refractivity contribution >= 4 is 5.78 Å². The molecule has 1 atom stereocenters. The molecule has 0 aliphatic heterocycles. The van der Waals surface area contributed by atoms with E-state index in [-0.39, 0.29) is 17.4 Å². The van der Waals surface area contributed by atoms with Gasteiger partial charge in [-0.1, -0.05) is 6.42 Å². The van der Waals surface area contributed by atoms with Crippen LogP contribution in [0.4, 0.5) is 0 Å². The Morgan fingerprint density at radius 3 is 2.46 bits per heavy atom. The molecule has 1 N–H and O–H groups in total. The van der Waals surface area contributed by atoms with Gasteiger partial charge in [-0.3, -0.25) is 4.79 Å². The highest BCUT2D eigenvalue weighted by Gasteiger charge is 2.33. The van der Waals surface area contributed by atoms with Crippen molar-refractivity contribution in [2.24, 2.45) is 0 Å². The average Bonchev–Trinajstić information content (AvgIpc) is 2.02. The van der Waals surface area contributed by atoms with Crippen LogP contribution in [0.5, 0.6) is 0 Å². The summed E-state index contributed by atoms with van der Waals surface area (Å²) in [6.45, 7) is 5.73. The molecule has 76 valence electrons. The summed E-state index contributed by atoms with van der Waals surface area (Å²) in [6, 6.07) is -0.270. The Balaban J connectivity index is 2.64. The molecule has 0 heterocycles. The zero-order valence-electron chi connectivity index (χ0n) is 8.71. The van der Waals surface area contributed by atoms with Gasteiger partial charge in [0, 0.05) is 12.0 Å². The van der Waals surface area contributed by atoms with Gasteiger partial charge in [-0.05, 0) is 33.6 Å². The van der Waals surface area contributed by atoms with Crippen molar-refractivity contribution in [1.82, 2.24) is 5.06 Å². The van der Waals surface area contributed by atoms with Crippen LogP contribution in [-0.4, -0.2) is 27.6 Å². The second-order valence-electron chi connectivity index (χ2n) is 4.74. The zero-order chi connectivity index (χ0) is 10.1. The second-order valence-corrected chi connectivity index (χ2v) is 4.74. The molecule has 0 saturated heterocycles. The van der Waals surface area contributed by atoms with E-state index in [1.807, 2.05) is 20.8 Å². The van der Waals surface area contributed by atoms with Crippen molar-refractivity contribution < 1.29 is 10.0 Å². The molecule has 0 aromatic heterocycles.